The first-order valence-corrected chi connectivity index (χ1v) is 9.53. The van der Waals surface area contributed by atoms with E-state index in [0.717, 1.165) is 0 Å². The van der Waals surface area contributed by atoms with Gasteiger partial charge in [0, 0.05) is 17.7 Å². The summed E-state index contributed by atoms with van der Waals surface area (Å²) < 4.78 is 10.3. The molecule has 0 aliphatic carbocycles. The summed E-state index contributed by atoms with van der Waals surface area (Å²) in [4.78, 5) is 47.6. The highest BCUT2D eigenvalue weighted by molar-refractivity contribution is 6.00. The van der Waals surface area contributed by atoms with Crippen molar-refractivity contribution >= 4 is 29.3 Å². The van der Waals surface area contributed by atoms with Crippen molar-refractivity contribution in [1.29, 1.82) is 0 Å². The van der Waals surface area contributed by atoms with Gasteiger partial charge in [-0.2, -0.15) is 0 Å². The Morgan fingerprint density at radius 3 is 2.30 bits per heavy atom. The molecule has 0 atom stereocenters. The molecule has 2 aromatic rings. The average Bonchev–Trinajstić information content (AvgIpc) is 2.76. The number of anilines is 1. The summed E-state index contributed by atoms with van der Waals surface area (Å²) in [6.45, 7) is 3.11. The topological polar surface area (TPSA) is 111 Å². The van der Waals surface area contributed by atoms with Crippen LogP contribution >= 0.6 is 0 Å². The van der Waals surface area contributed by atoms with Crippen LogP contribution in [0.5, 0.6) is 5.75 Å². The number of carbonyl (C=O) groups is 4. The highest BCUT2D eigenvalue weighted by Gasteiger charge is 2.15. The number of para-hydroxylation sites is 1. The number of hydrogen-bond acceptors (Lipinski definition) is 6. The third-order valence-electron chi connectivity index (χ3n) is 4.00. The van der Waals surface area contributed by atoms with Crippen LogP contribution in [-0.2, 0) is 14.3 Å². The molecule has 0 saturated carbocycles. The van der Waals surface area contributed by atoms with E-state index in [-0.39, 0.29) is 12.5 Å². The highest BCUT2D eigenvalue weighted by atomic mass is 16.5. The van der Waals surface area contributed by atoms with Gasteiger partial charge in [-0.05, 0) is 43.3 Å². The van der Waals surface area contributed by atoms with Gasteiger partial charge in [-0.1, -0.05) is 19.1 Å². The number of Topliss-reactive ketones (excluding diaryl/α,β-unsaturated/α-hetero) is 1. The maximum Gasteiger partial charge on any atom is 0.325 e. The molecule has 0 unspecified atom stereocenters. The predicted octanol–water partition coefficient (Wildman–Crippen LogP) is 2.59. The number of carbonyl (C=O) groups excluding carboxylic acids is 4. The molecule has 0 heterocycles. The molecule has 0 saturated heterocycles. The maximum absolute atomic E-state index is 12.2. The zero-order chi connectivity index (χ0) is 21.9. The molecule has 8 nitrogen and oxygen atoms in total. The van der Waals surface area contributed by atoms with Crippen molar-refractivity contribution in [3.05, 3.63) is 59.7 Å². The van der Waals surface area contributed by atoms with Gasteiger partial charge in [0.05, 0.1) is 12.2 Å². The maximum atomic E-state index is 12.2. The molecule has 0 aromatic heterocycles. The number of ether oxygens (including phenoxy) is 2. The van der Waals surface area contributed by atoms with Crippen molar-refractivity contribution in [3.63, 3.8) is 0 Å². The van der Waals surface area contributed by atoms with E-state index >= 15 is 0 Å². The van der Waals surface area contributed by atoms with Gasteiger partial charge in [-0.15, -0.1) is 0 Å². The fraction of sp³-hybridized carbons (Fsp3) is 0.273. The van der Waals surface area contributed by atoms with Gasteiger partial charge in [-0.25, -0.2) is 0 Å². The Kier molecular flexibility index (Phi) is 8.56. The van der Waals surface area contributed by atoms with Crippen LogP contribution in [0.25, 0.3) is 0 Å². The molecule has 0 bridgehead atoms. The Hall–Kier alpha value is -3.68. The predicted molar refractivity (Wildman–Crippen MR) is 111 cm³/mol. The van der Waals surface area contributed by atoms with Crippen LogP contribution in [0.2, 0.25) is 0 Å². The molecule has 2 rings (SSSR count). The van der Waals surface area contributed by atoms with E-state index < -0.39 is 24.3 Å². The monoisotopic (exact) mass is 412 g/mol. The van der Waals surface area contributed by atoms with Crippen molar-refractivity contribution in [1.82, 2.24) is 5.32 Å². The molecule has 2 amide bonds. The standard InChI is InChI=1S/C22H24N2O6/c1-3-20(26)24-16-11-9-15(10-12-16)18(25)14-30-21(27)13-23-22(28)17-7-5-6-8-19(17)29-4-2/h5-12H,3-4,13-14H2,1-2H3,(H,23,28)(H,24,26). The summed E-state index contributed by atoms with van der Waals surface area (Å²) in [5, 5.41) is 5.12. The molecule has 0 aliphatic rings. The highest BCUT2D eigenvalue weighted by Crippen LogP contribution is 2.17. The largest absolute Gasteiger partial charge is 0.493 e. The van der Waals surface area contributed by atoms with Crippen LogP contribution in [0.1, 0.15) is 41.0 Å². The number of hydrogen-bond donors (Lipinski definition) is 2. The number of ketones is 1. The van der Waals surface area contributed by atoms with Crippen LogP contribution < -0.4 is 15.4 Å². The van der Waals surface area contributed by atoms with Crippen LogP contribution in [0.15, 0.2) is 48.5 Å². The molecule has 0 spiro atoms. The molecule has 8 heteroatoms. The second kappa shape index (κ2) is 11.4. The Morgan fingerprint density at radius 2 is 1.63 bits per heavy atom. The minimum Gasteiger partial charge on any atom is -0.493 e. The van der Waals surface area contributed by atoms with Crippen LogP contribution in [0.3, 0.4) is 0 Å². The lowest BCUT2D eigenvalue weighted by Gasteiger charge is -2.10. The number of rotatable bonds is 10. The number of esters is 1. The van der Waals surface area contributed by atoms with Crippen LogP contribution in [-0.4, -0.2) is 43.3 Å². The van der Waals surface area contributed by atoms with Crippen molar-refractivity contribution in [2.45, 2.75) is 20.3 Å². The van der Waals surface area contributed by atoms with Crippen LogP contribution in [0, 0.1) is 0 Å². The molecule has 30 heavy (non-hydrogen) atoms. The summed E-state index contributed by atoms with van der Waals surface area (Å²) in [6.07, 6.45) is 0.352. The quantitative estimate of drug-likeness (QED) is 0.458. The third-order valence-corrected chi connectivity index (χ3v) is 4.00. The second-order valence-electron chi connectivity index (χ2n) is 6.17. The van der Waals surface area contributed by atoms with Gasteiger partial charge in [0.25, 0.3) is 5.91 Å². The molecular weight excluding hydrogens is 388 g/mol. The molecular formula is C22H24N2O6. The van der Waals surface area contributed by atoms with Crippen molar-refractivity contribution < 1.29 is 28.7 Å². The SMILES string of the molecule is CCOc1ccccc1C(=O)NCC(=O)OCC(=O)c1ccc(NC(=O)CC)cc1. The van der Waals surface area contributed by atoms with Crippen molar-refractivity contribution in [2.75, 3.05) is 25.1 Å². The average molecular weight is 412 g/mol. The first-order valence-electron chi connectivity index (χ1n) is 9.53. The van der Waals surface area contributed by atoms with Gasteiger partial charge in [0.2, 0.25) is 5.91 Å². The van der Waals surface area contributed by atoms with E-state index in [4.69, 9.17) is 9.47 Å². The van der Waals surface area contributed by atoms with Crippen molar-refractivity contribution in [3.8, 4) is 5.75 Å². The minimum atomic E-state index is -0.738. The number of amides is 2. The van der Waals surface area contributed by atoms with Crippen LogP contribution in [0.4, 0.5) is 5.69 Å². The van der Waals surface area contributed by atoms with E-state index in [9.17, 15) is 19.2 Å². The smallest absolute Gasteiger partial charge is 0.325 e. The van der Waals surface area contributed by atoms with Gasteiger partial charge >= 0.3 is 5.97 Å². The summed E-state index contributed by atoms with van der Waals surface area (Å²) in [6, 6.07) is 12.9. The Bertz CT molecular complexity index is 908. The number of nitrogens with one attached hydrogen (secondary N) is 2. The first-order chi connectivity index (χ1) is 14.4. The Labute approximate surface area is 174 Å². The normalized spacial score (nSPS) is 10.1. The fourth-order valence-electron chi connectivity index (χ4n) is 2.45. The van der Waals surface area contributed by atoms with E-state index in [2.05, 4.69) is 10.6 Å². The first kappa shape index (κ1) is 22.6. The zero-order valence-electron chi connectivity index (χ0n) is 16.9. The summed E-state index contributed by atoms with van der Waals surface area (Å²) in [5.41, 5.74) is 1.22. The van der Waals surface area contributed by atoms with E-state index in [1.54, 1.807) is 50.2 Å². The summed E-state index contributed by atoms with van der Waals surface area (Å²) in [5.74, 6) is -1.33. The molecule has 0 aliphatic heterocycles. The lowest BCUT2D eigenvalue weighted by molar-refractivity contribution is -0.141. The molecule has 0 radical (unpaired) electrons. The molecule has 2 N–H and O–H groups in total. The van der Waals surface area contributed by atoms with E-state index in [1.807, 2.05) is 0 Å². The van der Waals surface area contributed by atoms with Gasteiger partial charge in [0.15, 0.2) is 12.4 Å². The van der Waals surface area contributed by atoms with E-state index in [1.165, 1.54) is 12.1 Å². The van der Waals surface area contributed by atoms with Crippen molar-refractivity contribution in [2.24, 2.45) is 0 Å². The zero-order valence-corrected chi connectivity index (χ0v) is 16.9. The summed E-state index contributed by atoms with van der Waals surface area (Å²) in [7, 11) is 0. The Balaban J connectivity index is 1.81. The molecule has 158 valence electrons. The second-order valence-corrected chi connectivity index (χ2v) is 6.17. The Morgan fingerprint density at radius 1 is 0.933 bits per heavy atom. The number of benzene rings is 2. The third kappa shape index (κ3) is 6.73. The molecule has 2 aromatic carbocycles. The lowest BCUT2D eigenvalue weighted by atomic mass is 10.1. The van der Waals surface area contributed by atoms with Gasteiger partial charge in [-0.3, -0.25) is 19.2 Å². The van der Waals surface area contributed by atoms with E-state index in [0.29, 0.717) is 35.6 Å². The summed E-state index contributed by atoms with van der Waals surface area (Å²) >= 11 is 0. The lowest BCUT2D eigenvalue weighted by Crippen LogP contribution is -2.31. The van der Waals surface area contributed by atoms with Gasteiger partial charge in [0.1, 0.15) is 12.3 Å². The molecule has 0 fully saturated rings. The fourth-order valence-corrected chi connectivity index (χ4v) is 2.45. The minimum absolute atomic E-state index is 0.131. The van der Waals surface area contributed by atoms with Gasteiger partial charge < -0.3 is 20.1 Å².